The summed E-state index contributed by atoms with van der Waals surface area (Å²) in [5.74, 6) is -3.33. The predicted molar refractivity (Wildman–Crippen MR) is 163 cm³/mol. The van der Waals surface area contributed by atoms with Crippen molar-refractivity contribution in [2.24, 2.45) is 5.92 Å². The van der Waals surface area contributed by atoms with Crippen LogP contribution >= 0.6 is 15.9 Å². The molecule has 43 heavy (non-hydrogen) atoms. The zero-order chi connectivity index (χ0) is 31.3. The number of benzene rings is 3. The summed E-state index contributed by atoms with van der Waals surface area (Å²) in [7, 11) is 0. The van der Waals surface area contributed by atoms with Crippen molar-refractivity contribution in [3.8, 4) is 17.0 Å². The number of fused-ring (bicyclic) bond motifs is 1. The normalized spacial score (nSPS) is 18.3. The number of para-hydroxylation sites is 1. The average molecular weight is 658 g/mol. The molecule has 6 nitrogen and oxygen atoms in total. The molecule has 0 spiro atoms. The van der Waals surface area contributed by atoms with E-state index in [4.69, 9.17) is 4.98 Å². The van der Waals surface area contributed by atoms with Crippen molar-refractivity contribution >= 4 is 38.7 Å². The molecule has 10 heteroatoms. The van der Waals surface area contributed by atoms with Gasteiger partial charge in [-0.2, -0.15) is 0 Å². The SMILES string of the molecule is CC.Cc1c(-c2ccccc2)nc2ccc(Br)cc2c1C(=O)NC1CCC(C(=O)O)CC1c1ccccc1OC(F)(F)F. The molecule has 1 saturated carbocycles. The van der Waals surface area contributed by atoms with Gasteiger partial charge in [0.05, 0.1) is 22.7 Å². The zero-order valence-corrected chi connectivity index (χ0v) is 25.5. The number of carbonyl (C=O) groups excluding carboxylic acids is 1. The van der Waals surface area contributed by atoms with Crippen molar-refractivity contribution in [3.63, 3.8) is 0 Å². The lowest BCUT2D eigenvalue weighted by Crippen LogP contribution is -2.44. The Kier molecular flexibility index (Phi) is 10.1. The Balaban J connectivity index is 0.00000207. The minimum absolute atomic E-state index is 0.0510. The molecule has 1 heterocycles. The van der Waals surface area contributed by atoms with Gasteiger partial charge in [0, 0.05) is 27.4 Å². The summed E-state index contributed by atoms with van der Waals surface area (Å²) < 4.78 is 44.7. The third-order valence-corrected chi connectivity index (χ3v) is 8.02. The number of carbonyl (C=O) groups is 2. The standard InChI is InChI=1S/C31H26BrF3N2O4.C2H6/c1-17-27(23-16-20(32)12-14-25(23)36-28(17)18-7-3-2-4-8-18)29(38)37-24-13-11-19(30(39)40)15-22(24)21-9-5-6-10-26(21)41-31(33,34)35;1-2/h2-10,12,14,16,19,22,24H,11,13,15H2,1H3,(H,37,38)(H,39,40);1-2H3. The van der Waals surface area contributed by atoms with Crippen LogP contribution in [0.3, 0.4) is 0 Å². The smallest absolute Gasteiger partial charge is 0.481 e. The maximum Gasteiger partial charge on any atom is 0.573 e. The van der Waals surface area contributed by atoms with Crippen LogP contribution in [0.2, 0.25) is 0 Å². The van der Waals surface area contributed by atoms with Gasteiger partial charge < -0.3 is 15.2 Å². The second kappa shape index (κ2) is 13.6. The number of hydrogen-bond acceptors (Lipinski definition) is 4. The molecule has 1 amide bonds. The Hall–Kier alpha value is -3.92. The quantitative estimate of drug-likeness (QED) is 0.217. The van der Waals surface area contributed by atoms with E-state index in [1.165, 1.54) is 18.2 Å². The highest BCUT2D eigenvalue weighted by molar-refractivity contribution is 9.10. The third kappa shape index (κ3) is 7.36. The van der Waals surface area contributed by atoms with E-state index in [0.29, 0.717) is 27.7 Å². The molecule has 2 N–H and O–H groups in total. The molecule has 1 aliphatic rings. The Morgan fingerprint density at radius 3 is 2.35 bits per heavy atom. The van der Waals surface area contributed by atoms with Crippen molar-refractivity contribution < 1.29 is 32.6 Å². The van der Waals surface area contributed by atoms with E-state index < -0.39 is 41.9 Å². The molecule has 1 aliphatic carbocycles. The summed E-state index contributed by atoms with van der Waals surface area (Å²) >= 11 is 3.47. The Labute approximate surface area is 256 Å². The van der Waals surface area contributed by atoms with E-state index in [9.17, 15) is 27.9 Å². The molecule has 4 aromatic rings. The second-order valence-electron chi connectivity index (χ2n) is 10.1. The highest BCUT2D eigenvalue weighted by atomic mass is 79.9. The van der Waals surface area contributed by atoms with Crippen LogP contribution in [0, 0.1) is 12.8 Å². The summed E-state index contributed by atoms with van der Waals surface area (Å²) in [6, 6.07) is 20.0. The first kappa shape index (κ1) is 32.0. The van der Waals surface area contributed by atoms with Gasteiger partial charge in [0.15, 0.2) is 0 Å². The molecule has 3 unspecified atom stereocenters. The van der Waals surface area contributed by atoms with Gasteiger partial charge in [-0.3, -0.25) is 9.59 Å². The summed E-state index contributed by atoms with van der Waals surface area (Å²) in [5.41, 5.74) is 3.33. The van der Waals surface area contributed by atoms with Crippen molar-refractivity contribution in [2.45, 2.75) is 58.4 Å². The zero-order valence-electron chi connectivity index (χ0n) is 23.9. The minimum atomic E-state index is -4.93. The van der Waals surface area contributed by atoms with Gasteiger partial charge >= 0.3 is 12.3 Å². The summed E-state index contributed by atoms with van der Waals surface area (Å²) in [6.45, 7) is 5.82. The third-order valence-electron chi connectivity index (χ3n) is 7.52. The molecule has 3 aromatic carbocycles. The number of alkyl halides is 3. The number of nitrogens with zero attached hydrogens (tertiary/aromatic N) is 1. The van der Waals surface area contributed by atoms with Crippen molar-refractivity contribution in [1.82, 2.24) is 10.3 Å². The summed E-state index contributed by atoms with van der Waals surface area (Å²) in [4.78, 5) is 30.8. The summed E-state index contributed by atoms with van der Waals surface area (Å²) in [5, 5.41) is 13.4. The molecule has 5 rings (SSSR count). The highest BCUT2D eigenvalue weighted by Gasteiger charge is 2.39. The topological polar surface area (TPSA) is 88.5 Å². The Bertz CT molecular complexity index is 1610. The first-order chi connectivity index (χ1) is 20.5. The van der Waals surface area contributed by atoms with Crippen molar-refractivity contribution in [3.05, 3.63) is 94.0 Å². The monoisotopic (exact) mass is 656 g/mol. The maximum atomic E-state index is 14.1. The van der Waals surface area contributed by atoms with Crippen LogP contribution in [0.1, 0.15) is 60.5 Å². The van der Waals surface area contributed by atoms with Crippen LogP contribution in [-0.2, 0) is 4.79 Å². The lowest BCUT2D eigenvalue weighted by atomic mass is 9.74. The molecule has 1 aromatic heterocycles. The molecular formula is C33H32BrF3N2O4. The van der Waals surface area contributed by atoms with Crippen molar-refractivity contribution in [2.75, 3.05) is 0 Å². The molecule has 0 radical (unpaired) electrons. The highest BCUT2D eigenvalue weighted by Crippen LogP contribution is 2.42. The van der Waals surface area contributed by atoms with Crippen LogP contribution in [0.5, 0.6) is 5.75 Å². The minimum Gasteiger partial charge on any atom is -0.481 e. The number of carboxylic acids is 1. The number of hydrogen-bond donors (Lipinski definition) is 2. The van der Waals surface area contributed by atoms with E-state index in [0.717, 1.165) is 10.0 Å². The Morgan fingerprint density at radius 1 is 1.00 bits per heavy atom. The number of pyridine rings is 1. The number of rotatable bonds is 6. The largest absolute Gasteiger partial charge is 0.573 e. The molecule has 1 fully saturated rings. The Morgan fingerprint density at radius 2 is 1.67 bits per heavy atom. The van der Waals surface area contributed by atoms with Gasteiger partial charge in [-0.15, -0.1) is 13.2 Å². The van der Waals surface area contributed by atoms with Gasteiger partial charge in [-0.1, -0.05) is 78.3 Å². The lowest BCUT2D eigenvalue weighted by Gasteiger charge is -2.36. The number of nitrogens with one attached hydrogen (secondary N) is 1. The van der Waals surface area contributed by atoms with Gasteiger partial charge in [-0.05, 0) is 61.6 Å². The molecule has 0 aliphatic heterocycles. The molecule has 0 bridgehead atoms. The molecule has 0 saturated heterocycles. The van der Waals surface area contributed by atoms with Gasteiger partial charge in [0.25, 0.3) is 5.91 Å². The summed E-state index contributed by atoms with van der Waals surface area (Å²) in [6.07, 6.45) is -4.33. The number of halogens is 4. The van der Waals surface area contributed by atoms with Crippen LogP contribution in [-0.4, -0.2) is 34.4 Å². The van der Waals surface area contributed by atoms with Crippen LogP contribution in [0.15, 0.2) is 77.3 Å². The fourth-order valence-corrected chi connectivity index (χ4v) is 6.02. The predicted octanol–water partition coefficient (Wildman–Crippen LogP) is 8.66. The van der Waals surface area contributed by atoms with Crippen LogP contribution in [0.4, 0.5) is 13.2 Å². The molecule has 226 valence electrons. The number of aliphatic carboxylic acids is 1. The van der Waals surface area contributed by atoms with Gasteiger partial charge in [0.1, 0.15) is 5.75 Å². The number of amides is 1. The van der Waals surface area contributed by atoms with E-state index >= 15 is 0 Å². The second-order valence-corrected chi connectivity index (χ2v) is 11.0. The van der Waals surface area contributed by atoms with E-state index in [1.54, 1.807) is 6.07 Å². The van der Waals surface area contributed by atoms with E-state index in [-0.39, 0.29) is 24.8 Å². The fourth-order valence-electron chi connectivity index (χ4n) is 5.66. The average Bonchev–Trinajstić information content (AvgIpc) is 2.98. The lowest BCUT2D eigenvalue weighted by molar-refractivity contribution is -0.275. The molecular weight excluding hydrogens is 625 g/mol. The fraction of sp³-hybridized carbons (Fsp3) is 0.303. The van der Waals surface area contributed by atoms with Crippen molar-refractivity contribution in [1.29, 1.82) is 0 Å². The number of aromatic nitrogens is 1. The first-order valence-electron chi connectivity index (χ1n) is 14.1. The number of carboxylic acid groups (broad SMARTS) is 1. The van der Waals surface area contributed by atoms with Crippen LogP contribution in [0.25, 0.3) is 22.2 Å². The number of ether oxygens (including phenoxy) is 1. The first-order valence-corrected chi connectivity index (χ1v) is 14.8. The van der Waals surface area contributed by atoms with E-state index in [1.807, 2.05) is 69.3 Å². The maximum absolute atomic E-state index is 14.1. The molecule has 3 atom stereocenters. The van der Waals surface area contributed by atoms with Crippen LogP contribution < -0.4 is 10.1 Å². The van der Waals surface area contributed by atoms with Gasteiger partial charge in [-0.25, -0.2) is 4.98 Å². The van der Waals surface area contributed by atoms with Gasteiger partial charge in [0.2, 0.25) is 0 Å². The van der Waals surface area contributed by atoms with E-state index in [2.05, 4.69) is 26.0 Å².